The van der Waals surface area contributed by atoms with E-state index in [0.29, 0.717) is 40.0 Å². The van der Waals surface area contributed by atoms with Crippen LogP contribution in [0.4, 0.5) is 24.0 Å². The average molecular weight is 648 g/mol. The maximum Gasteiger partial charge on any atom is 0.319 e. The van der Waals surface area contributed by atoms with Crippen molar-refractivity contribution >= 4 is 43.1 Å². The summed E-state index contributed by atoms with van der Waals surface area (Å²) in [7, 11) is 2.09. The molecule has 6 aliphatic heterocycles. The molecule has 2 aromatic heterocycles. The van der Waals surface area contributed by atoms with Gasteiger partial charge in [-0.25, -0.2) is 13.2 Å². The highest BCUT2D eigenvalue weighted by Crippen LogP contribution is 2.49. The fourth-order valence-electron chi connectivity index (χ4n) is 8.86. The van der Waals surface area contributed by atoms with Gasteiger partial charge in [0.05, 0.1) is 29.7 Å². The maximum absolute atomic E-state index is 17.3. The number of nitriles is 1. The Kier molecular flexibility index (Phi) is 6.29. The minimum atomic E-state index is -0.918. The molecule has 2 bridgehead atoms. The number of halogens is 3. The molecule has 8 heterocycles. The Morgan fingerprint density at radius 3 is 2.74 bits per heavy atom. The normalized spacial score (nSPS) is 27.3. The van der Waals surface area contributed by atoms with E-state index in [1.165, 1.54) is 17.4 Å². The first-order valence-electron chi connectivity index (χ1n) is 15.8. The second-order valence-corrected chi connectivity index (χ2v) is 14.6. The van der Waals surface area contributed by atoms with Gasteiger partial charge in [-0.1, -0.05) is 0 Å². The van der Waals surface area contributed by atoms with Crippen molar-refractivity contribution in [3.05, 3.63) is 40.5 Å². The number of likely N-dealkylation sites (N-methyl/N-ethyl adjacent to an activating group) is 1. The van der Waals surface area contributed by atoms with Crippen molar-refractivity contribution in [3.63, 3.8) is 0 Å². The Hall–Kier alpha value is -3.70. The van der Waals surface area contributed by atoms with Crippen LogP contribution >= 0.6 is 11.3 Å². The number of hydrogen-bond acceptors (Lipinski definition) is 10. The van der Waals surface area contributed by atoms with Crippen molar-refractivity contribution in [1.82, 2.24) is 19.8 Å². The lowest BCUT2D eigenvalue weighted by Gasteiger charge is -2.56. The highest BCUT2D eigenvalue weighted by atomic mass is 32.1. The summed E-state index contributed by atoms with van der Waals surface area (Å²) < 4.78 is 60.6. The minimum absolute atomic E-state index is 0.0178. The second-order valence-electron chi connectivity index (χ2n) is 13.5. The quantitative estimate of drug-likeness (QED) is 0.316. The molecule has 2 aromatic carbocycles. The third-order valence-corrected chi connectivity index (χ3v) is 11.8. The number of fused-ring (bicyclic) bond motifs is 7. The van der Waals surface area contributed by atoms with Gasteiger partial charge in [0.15, 0.2) is 5.82 Å². The molecule has 46 heavy (non-hydrogen) atoms. The molecular formula is C33H32F3N7O2S. The summed E-state index contributed by atoms with van der Waals surface area (Å²) in [5, 5.41) is 11.0. The molecule has 2 N–H and O–H groups in total. The van der Waals surface area contributed by atoms with Crippen LogP contribution in [0.5, 0.6) is 6.01 Å². The molecule has 0 spiro atoms. The van der Waals surface area contributed by atoms with E-state index in [1.807, 2.05) is 0 Å². The Morgan fingerprint density at radius 2 is 1.93 bits per heavy atom. The minimum Gasteiger partial charge on any atom is -0.461 e. The summed E-state index contributed by atoms with van der Waals surface area (Å²) in [5.41, 5.74) is 7.10. The lowest BCUT2D eigenvalue weighted by molar-refractivity contribution is 0.107. The number of thiophene rings is 1. The van der Waals surface area contributed by atoms with Crippen LogP contribution in [-0.4, -0.2) is 83.4 Å². The molecule has 9 nitrogen and oxygen atoms in total. The highest BCUT2D eigenvalue weighted by Gasteiger charge is 2.50. The van der Waals surface area contributed by atoms with Crippen LogP contribution in [0, 0.1) is 23.0 Å². The van der Waals surface area contributed by atoms with E-state index in [4.69, 9.17) is 20.2 Å². The Bertz CT molecular complexity index is 1990. The fourth-order valence-corrected chi connectivity index (χ4v) is 9.79. The average Bonchev–Trinajstić information content (AvgIpc) is 3.79. The van der Waals surface area contributed by atoms with Gasteiger partial charge in [-0.3, -0.25) is 4.90 Å². The Morgan fingerprint density at radius 1 is 1.13 bits per heavy atom. The standard InChI is InChI=1S/C33H32F3N7O2S/c1-41-11-17-7-18(12-41)43(17)31-26-21-14-44-13-20(21)25(27-22(35)3-4-23-24(27)19(9-37)30(38)46-23)28(36)29(26)39-32(40-31)45-15-33-5-2-6-42(33)10-16(34)8-33/h3-4,16-18H,2,5-8,10-15,38H2,1H3/t16-,17?,18?,33?/m1/s1. The van der Waals surface area contributed by atoms with E-state index in [0.717, 1.165) is 38.9 Å². The molecule has 6 aliphatic rings. The van der Waals surface area contributed by atoms with E-state index in [-0.39, 0.29) is 70.5 Å². The van der Waals surface area contributed by atoms with Gasteiger partial charge in [-0.15, -0.1) is 11.3 Å². The van der Waals surface area contributed by atoms with Crippen molar-refractivity contribution < 1.29 is 22.6 Å². The first-order chi connectivity index (χ1) is 22.3. The molecule has 3 unspecified atom stereocenters. The topological polar surface area (TPSA) is 104 Å². The van der Waals surface area contributed by atoms with Gasteiger partial charge in [0, 0.05) is 59.4 Å². The predicted molar refractivity (Wildman–Crippen MR) is 169 cm³/mol. The van der Waals surface area contributed by atoms with Gasteiger partial charge in [-0.2, -0.15) is 15.2 Å². The van der Waals surface area contributed by atoms with Gasteiger partial charge >= 0.3 is 6.01 Å². The van der Waals surface area contributed by atoms with E-state index < -0.39 is 23.3 Å². The molecule has 5 saturated heterocycles. The van der Waals surface area contributed by atoms with Crippen LogP contribution in [0.2, 0.25) is 0 Å². The van der Waals surface area contributed by atoms with Gasteiger partial charge in [0.25, 0.3) is 0 Å². The van der Waals surface area contributed by atoms with Crippen molar-refractivity contribution in [1.29, 1.82) is 5.26 Å². The van der Waals surface area contributed by atoms with Crippen LogP contribution in [0.3, 0.4) is 0 Å². The number of alkyl halides is 1. The lowest BCUT2D eigenvalue weighted by atomic mass is 9.86. The highest BCUT2D eigenvalue weighted by molar-refractivity contribution is 7.23. The first kappa shape index (κ1) is 28.5. The summed E-state index contributed by atoms with van der Waals surface area (Å²) in [4.78, 5) is 16.3. The van der Waals surface area contributed by atoms with Crippen LogP contribution in [-0.2, 0) is 18.0 Å². The molecule has 238 valence electrons. The third-order valence-electron chi connectivity index (χ3n) is 10.8. The van der Waals surface area contributed by atoms with E-state index in [2.05, 4.69) is 32.8 Å². The number of aromatic nitrogens is 2. The molecule has 0 saturated carbocycles. The van der Waals surface area contributed by atoms with E-state index in [9.17, 15) is 9.65 Å². The largest absolute Gasteiger partial charge is 0.461 e. The predicted octanol–water partition coefficient (Wildman–Crippen LogP) is 5.12. The first-order valence-corrected chi connectivity index (χ1v) is 16.6. The van der Waals surface area contributed by atoms with Gasteiger partial charge in [-0.05, 0) is 56.1 Å². The molecule has 0 amide bonds. The molecule has 5 fully saturated rings. The van der Waals surface area contributed by atoms with Gasteiger partial charge in [0.2, 0.25) is 0 Å². The Labute approximate surface area is 267 Å². The number of benzene rings is 2. The monoisotopic (exact) mass is 647 g/mol. The second kappa shape index (κ2) is 10.1. The summed E-state index contributed by atoms with van der Waals surface area (Å²) in [6, 6.07) is 5.35. The van der Waals surface area contributed by atoms with Crippen LogP contribution in [0.1, 0.15) is 42.4 Å². The number of anilines is 2. The van der Waals surface area contributed by atoms with Crippen molar-refractivity contribution in [2.45, 2.75) is 62.7 Å². The van der Waals surface area contributed by atoms with E-state index in [1.54, 1.807) is 6.07 Å². The van der Waals surface area contributed by atoms with Crippen LogP contribution in [0.15, 0.2) is 12.1 Å². The number of nitrogen functional groups attached to an aromatic ring is 1. The third kappa shape index (κ3) is 3.96. The number of nitrogens with two attached hydrogens (primary N) is 1. The zero-order chi connectivity index (χ0) is 31.5. The van der Waals surface area contributed by atoms with E-state index >= 15 is 8.78 Å². The van der Waals surface area contributed by atoms with Crippen molar-refractivity contribution in [3.8, 4) is 23.2 Å². The summed E-state index contributed by atoms with van der Waals surface area (Å²) in [6.07, 6.45) is 2.25. The SMILES string of the molecule is CN1CC2CC(C1)N2c1nc(OCC23CCCN2C[C@H](F)C3)nc2c(F)c(-c3c(F)ccc4sc(N)c(C#N)c34)c3c(c12)COC3. The van der Waals surface area contributed by atoms with Gasteiger partial charge in [0.1, 0.15) is 41.0 Å². The molecule has 0 radical (unpaired) electrons. The van der Waals surface area contributed by atoms with Crippen molar-refractivity contribution in [2.24, 2.45) is 0 Å². The van der Waals surface area contributed by atoms with Crippen LogP contribution in [0.25, 0.3) is 32.1 Å². The molecule has 0 aliphatic carbocycles. The number of nitrogens with zero attached hydrogens (tertiary/aromatic N) is 6. The smallest absolute Gasteiger partial charge is 0.319 e. The molecule has 4 aromatic rings. The summed E-state index contributed by atoms with van der Waals surface area (Å²) >= 11 is 1.17. The summed E-state index contributed by atoms with van der Waals surface area (Å²) in [6.45, 7) is 3.35. The lowest BCUT2D eigenvalue weighted by Crippen LogP contribution is -2.68. The Balaban J connectivity index is 1.26. The number of rotatable bonds is 5. The maximum atomic E-state index is 17.3. The number of piperazine rings is 1. The fraction of sp³-hybridized carbons (Fsp3) is 0.485. The van der Waals surface area contributed by atoms with Crippen LogP contribution < -0.4 is 15.4 Å². The molecular weight excluding hydrogens is 615 g/mol. The zero-order valence-corrected chi connectivity index (χ0v) is 26.1. The number of piperidine rings is 1. The molecule has 10 rings (SSSR count). The van der Waals surface area contributed by atoms with Crippen molar-refractivity contribution in [2.75, 3.05) is 50.5 Å². The molecule has 13 heteroatoms. The number of hydrogen-bond donors (Lipinski definition) is 1. The summed E-state index contributed by atoms with van der Waals surface area (Å²) in [5.74, 6) is -0.795. The van der Waals surface area contributed by atoms with Gasteiger partial charge < -0.3 is 25.0 Å². The molecule has 4 atom stereocenters. The zero-order valence-electron chi connectivity index (χ0n) is 25.3. The number of ether oxygens (including phenoxy) is 2.